The Bertz CT molecular complexity index is 682. The lowest BCUT2D eigenvalue weighted by atomic mass is 9.87. The van der Waals surface area contributed by atoms with Crippen LogP contribution in [0.1, 0.15) is 50.8 Å². The summed E-state index contributed by atoms with van der Waals surface area (Å²) in [7, 11) is 0. The van der Waals surface area contributed by atoms with Gasteiger partial charge in [0.1, 0.15) is 5.75 Å². The van der Waals surface area contributed by atoms with Gasteiger partial charge in [0.05, 0.1) is 0 Å². The van der Waals surface area contributed by atoms with E-state index < -0.39 is 6.10 Å². The number of ether oxygens (including phenoxy) is 1. The summed E-state index contributed by atoms with van der Waals surface area (Å²) < 4.78 is 6.05. The number of hydrogen-bond donors (Lipinski definition) is 1. The van der Waals surface area contributed by atoms with Gasteiger partial charge in [-0.05, 0) is 36.0 Å². The van der Waals surface area contributed by atoms with E-state index in [1.807, 2.05) is 42.5 Å². The van der Waals surface area contributed by atoms with Crippen LogP contribution in [-0.2, 0) is 10.2 Å². The first-order valence-electron chi connectivity index (χ1n) is 8.56. The summed E-state index contributed by atoms with van der Waals surface area (Å²) in [6, 6.07) is 18.0. The maximum atomic E-state index is 12.6. The molecule has 0 heterocycles. The molecule has 1 N–H and O–H groups in total. The first kappa shape index (κ1) is 16.6. The molecule has 2 aromatic rings. The molecule has 1 saturated carbocycles. The van der Waals surface area contributed by atoms with E-state index in [-0.39, 0.29) is 11.3 Å². The zero-order valence-corrected chi connectivity index (χ0v) is 14.6. The van der Waals surface area contributed by atoms with Gasteiger partial charge in [-0.15, -0.1) is 0 Å². The van der Waals surface area contributed by atoms with Crippen LogP contribution in [0.3, 0.4) is 0 Å². The molecular weight excluding hydrogens is 298 g/mol. The molecular formula is C21H25NO2. The van der Waals surface area contributed by atoms with Gasteiger partial charge in [-0.25, -0.2) is 0 Å². The molecule has 0 aromatic heterocycles. The first-order chi connectivity index (χ1) is 11.4. The topological polar surface area (TPSA) is 38.3 Å². The zero-order chi connectivity index (χ0) is 17.2. The number of amides is 1. The molecule has 0 unspecified atom stereocenters. The minimum atomic E-state index is -0.618. The molecule has 0 bridgehead atoms. The number of nitrogens with one attached hydrogen (secondary N) is 1. The summed E-state index contributed by atoms with van der Waals surface area (Å²) >= 11 is 0. The Morgan fingerprint density at radius 1 is 1.04 bits per heavy atom. The van der Waals surface area contributed by atoms with Crippen LogP contribution in [0.15, 0.2) is 54.6 Å². The second-order valence-electron chi connectivity index (χ2n) is 7.47. The predicted molar refractivity (Wildman–Crippen MR) is 96.1 cm³/mol. The van der Waals surface area contributed by atoms with Gasteiger partial charge in [-0.3, -0.25) is 4.79 Å². The monoisotopic (exact) mass is 323 g/mol. The van der Waals surface area contributed by atoms with E-state index in [4.69, 9.17) is 4.74 Å². The van der Waals surface area contributed by atoms with Crippen LogP contribution in [0, 0.1) is 0 Å². The van der Waals surface area contributed by atoms with Gasteiger partial charge in [0.2, 0.25) is 6.10 Å². The summed E-state index contributed by atoms with van der Waals surface area (Å²) in [5, 5.41) is 3.04. The van der Waals surface area contributed by atoms with E-state index in [1.54, 1.807) is 0 Å². The maximum absolute atomic E-state index is 12.6. The van der Waals surface area contributed by atoms with Crippen LogP contribution < -0.4 is 10.1 Å². The smallest absolute Gasteiger partial charge is 0.266 e. The molecule has 0 spiro atoms. The highest BCUT2D eigenvalue weighted by Gasteiger charge is 2.29. The fraction of sp³-hybridized carbons (Fsp3) is 0.381. The van der Waals surface area contributed by atoms with Crippen LogP contribution in [0.25, 0.3) is 0 Å². The third-order valence-electron chi connectivity index (χ3n) is 4.24. The van der Waals surface area contributed by atoms with Crippen molar-refractivity contribution in [2.75, 3.05) is 0 Å². The van der Waals surface area contributed by atoms with E-state index in [2.05, 4.69) is 38.2 Å². The summed E-state index contributed by atoms with van der Waals surface area (Å²) in [5.41, 5.74) is 2.21. The molecule has 3 rings (SSSR count). The molecule has 1 amide bonds. The summed E-state index contributed by atoms with van der Waals surface area (Å²) in [6.45, 7) is 6.54. The first-order valence-corrected chi connectivity index (χ1v) is 8.56. The van der Waals surface area contributed by atoms with Crippen molar-refractivity contribution >= 4 is 5.91 Å². The number of carbonyl (C=O) groups is 1. The third kappa shape index (κ3) is 4.16. The molecule has 1 atom stereocenters. The van der Waals surface area contributed by atoms with Crippen molar-refractivity contribution in [2.24, 2.45) is 0 Å². The fourth-order valence-electron chi connectivity index (χ4n) is 2.57. The lowest BCUT2D eigenvalue weighted by Crippen LogP contribution is -2.33. The number of carbonyl (C=O) groups excluding carboxylic acids is 1. The summed E-state index contributed by atoms with van der Waals surface area (Å²) in [4.78, 5) is 12.6. The fourth-order valence-corrected chi connectivity index (χ4v) is 2.57. The van der Waals surface area contributed by atoms with E-state index in [1.165, 1.54) is 5.56 Å². The lowest BCUT2D eigenvalue weighted by molar-refractivity contribution is -0.128. The SMILES string of the molecule is CC(C)(C)c1ccc(O[C@H](C(=O)NC2CC2)c2ccccc2)cc1. The highest BCUT2D eigenvalue weighted by molar-refractivity contribution is 5.83. The van der Waals surface area contributed by atoms with E-state index in [9.17, 15) is 4.79 Å². The average molecular weight is 323 g/mol. The van der Waals surface area contributed by atoms with Gasteiger partial charge in [-0.2, -0.15) is 0 Å². The molecule has 126 valence electrons. The molecule has 3 nitrogen and oxygen atoms in total. The quantitative estimate of drug-likeness (QED) is 0.886. The summed E-state index contributed by atoms with van der Waals surface area (Å²) in [6.07, 6.45) is 1.51. The van der Waals surface area contributed by atoms with Crippen molar-refractivity contribution in [3.63, 3.8) is 0 Å². The second-order valence-corrected chi connectivity index (χ2v) is 7.47. The van der Waals surface area contributed by atoms with Gasteiger partial charge < -0.3 is 10.1 Å². The number of benzene rings is 2. The van der Waals surface area contributed by atoms with E-state index >= 15 is 0 Å². The Balaban J connectivity index is 1.79. The van der Waals surface area contributed by atoms with Crippen LogP contribution >= 0.6 is 0 Å². The van der Waals surface area contributed by atoms with Crippen molar-refractivity contribution in [1.29, 1.82) is 0 Å². The van der Waals surface area contributed by atoms with Crippen molar-refractivity contribution in [2.45, 2.75) is 51.2 Å². The summed E-state index contributed by atoms with van der Waals surface area (Å²) in [5.74, 6) is 0.645. The highest BCUT2D eigenvalue weighted by atomic mass is 16.5. The van der Waals surface area contributed by atoms with Gasteiger partial charge >= 0.3 is 0 Å². The Kier molecular flexibility index (Phi) is 4.61. The molecule has 1 fully saturated rings. The Labute approximate surface area is 144 Å². The van der Waals surface area contributed by atoms with Crippen LogP contribution in [0.4, 0.5) is 0 Å². The van der Waals surface area contributed by atoms with Crippen LogP contribution in [0.2, 0.25) is 0 Å². The Hall–Kier alpha value is -2.29. The average Bonchev–Trinajstić information content (AvgIpc) is 3.37. The minimum absolute atomic E-state index is 0.0661. The van der Waals surface area contributed by atoms with Crippen molar-refractivity contribution in [3.05, 3.63) is 65.7 Å². The van der Waals surface area contributed by atoms with Gasteiger partial charge in [0.25, 0.3) is 5.91 Å². The minimum Gasteiger partial charge on any atom is -0.476 e. The van der Waals surface area contributed by atoms with Crippen molar-refractivity contribution < 1.29 is 9.53 Å². The molecule has 1 aliphatic rings. The van der Waals surface area contributed by atoms with Crippen LogP contribution in [-0.4, -0.2) is 11.9 Å². The molecule has 0 aliphatic heterocycles. The van der Waals surface area contributed by atoms with Gasteiger partial charge in [0, 0.05) is 11.6 Å². The van der Waals surface area contributed by atoms with E-state index in [0.717, 1.165) is 18.4 Å². The molecule has 0 saturated heterocycles. The third-order valence-corrected chi connectivity index (χ3v) is 4.24. The Morgan fingerprint density at radius 2 is 1.67 bits per heavy atom. The van der Waals surface area contributed by atoms with Gasteiger partial charge in [-0.1, -0.05) is 63.2 Å². The standard InChI is InChI=1S/C21H25NO2/c1-21(2,3)16-9-13-18(14-10-16)24-19(15-7-5-4-6-8-15)20(23)22-17-11-12-17/h4-10,13-14,17,19H,11-12H2,1-3H3,(H,22,23)/t19-/m0/s1. The van der Waals surface area contributed by atoms with Crippen molar-refractivity contribution in [1.82, 2.24) is 5.32 Å². The highest BCUT2D eigenvalue weighted by Crippen LogP contribution is 2.28. The van der Waals surface area contributed by atoms with Gasteiger partial charge in [0.15, 0.2) is 0 Å². The molecule has 0 radical (unpaired) electrons. The van der Waals surface area contributed by atoms with Crippen molar-refractivity contribution in [3.8, 4) is 5.75 Å². The molecule has 24 heavy (non-hydrogen) atoms. The molecule has 1 aliphatic carbocycles. The lowest BCUT2D eigenvalue weighted by Gasteiger charge is -2.21. The number of hydrogen-bond acceptors (Lipinski definition) is 2. The largest absolute Gasteiger partial charge is 0.476 e. The van der Waals surface area contributed by atoms with E-state index in [0.29, 0.717) is 11.8 Å². The Morgan fingerprint density at radius 3 is 2.21 bits per heavy atom. The maximum Gasteiger partial charge on any atom is 0.266 e. The zero-order valence-electron chi connectivity index (χ0n) is 14.6. The molecule has 2 aromatic carbocycles. The normalized spacial score (nSPS) is 15.6. The molecule has 3 heteroatoms. The van der Waals surface area contributed by atoms with Crippen LogP contribution in [0.5, 0.6) is 5.75 Å². The predicted octanol–water partition coefficient (Wildman–Crippen LogP) is 4.38. The number of rotatable bonds is 5. The second kappa shape index (κ2) is 6.68.